The van der Waals surface area contributed by atoms with Crippen LogP contribution in [-0.4, -0.2) is 85.3 Å². The molecule has 2 saturated heterocycles. The van der Waals surface area contributed by atoms with Crippen molar-refractivity contribution < 1.29 is 35.9 Å². The zero-order valence-electron chi connectivity index (χ0n) is 26.5. The van der Waals surface area contributed by atoms with E-state index in [9.17, 15) is 35.9 Å². The minimum atomic E-state index is -3.19. The van der Waals surface area contributed by atoms with E-state index in [4.69, 9.17) is 11.5 Å². The number of amides is 2. The molecular formula is C33H37F6N7O2. The maximum Gasteiger partial charge on any atom is 0.267 e. The van der Waals surface area contributed by atoms with Crippen molar-refractivity contribution in [3.8, 4) is 11.5 Å². The molecule has 15 heteroatoms. The fourth-order valence-corrected chi connectivity index (χ4v) is 6.99. The summed E-state index contributed by atoms with van der Waals surface area (Å²) in [5.41, 5.74) is 13.4. The Morgan fingerprint density at radius 1 is 0.896 bits per heavy atom. The van der Waals surface area contributed by atoms with Crippen LogP contribution in [0.5, 0.6) is 0 Å². The zero-order valence-corrected chi connectivity index (χ0v) is 26.5. The van der Waals surface area contributed by atoms with Crippen molar-refractivity contribution in [2.45, 2.75) is 88.5 Å². The van der Waals surface area contributed by atoms with Crippen molar-refractivity contribution in [1.29, 1.82) is 0 Å². The van der Waals surface area contributed by atoms with Gasteiger partial charge in [-0.1, -0.05) is 13.8 Å². The fraction of sp³-hybridized carbons (Fsp3) is 0.485. The topological polar surface area (TPSA) is 126 Å². The van der Waals surface area contributed by atoms with Crippen molar-refractivity contribution in [1.82, 2.24) is 24.3 Å². The number of nitrogens with zero attached hydrogens (tertiary/aromatic N) is 4. The number of imidazole rings is 1. The Labute approximate surface area is 272 Å². The Bertz CT molecular complexity index is 1740. The van der Waals surface area contributed by atoms with E-state index in [1.807, 2.05) is 0 Å². The molecule has 2 aromatic carbocycles. The summed E-state index contributed by atoms with van der Waals surface area (Å²) in [5, 5.41) is 0.469. The smallest absolute Gasteiger partial charge is 0.267 e. The lowest BCUT2D eigenvalue weighted by atomic mass is 9.99. The molecule has 0 radical (unpaired) electrons. The molecule has 4 heterocycles. The highest BCUT2D eigenvalue weighted by Gasteiger charge is 2.49. The highest BCUT2D eigenvalue weighted by Crippen LogP contribution is 2.40. The first kappa shape index (κ1) is 33.8. The second kappa shape index (κ2) is 12.4. The summed E-state index contributed by atoms with van der Waals surface area (Å²) in [6.45, 7) is 1.53. The highest BCUT2D eigenvalue weighted by molar-refractivity contribution is 5.92. The van der Waals surface area contributed by atoms with Gasteiger partial charge in [0, 0.05) is 42.4 Å². The van der Waals surface area contributed by atoms with Crippen LogP contribution >= 0.6 is 0 Å². The SMILES string of the molecule is CC[C@H](N)C(=O)N1CC(F)(F)C[C@H]1Cc1c(-c2nc3cc(F)ccc3n2C[C@@H]2CC(F)(F)CN2C(=O)[C@@H](N)CC)[nH]c2cc(F)ccc12. The third kappa shape index (κ3) is 6.25. The predicted octanol–water partition coefficient (Wildman–Crippen LogP) is 4.95. The molecule has 2 aliphatic rings. The lowest BCUT2D eigenvalue weighted by molar-refractivity contribution is -0.135. The molecule has 48 heavy (non-hydrogen) atoms. The van der Waals surface area contributed by atoms with E-state index in [0.717, 1.165) is 9.80 Å². The van der Waals surface area contributed by atoms with Gasteiger partial charge in [0.1, 0.15) is 11.6 Å². The summed E-state index contributed by atoms with van der Waals surface area (Å²) < 4.78 is 89.9. The molecule has 0 unspecified atom stereocenters. The van der Waals surface area contributed by atoms with Gasteiger partial charge in [0.15, 0.2) is 5.82 Å². The largest absolute Gasteiger partial charge is 0.352 e. The van der Waals surface area contributed by atoms with Gasteiger partial charge in [-0.2, -0.15) is 0 Å². The van der Waals surface area contributed by atoms with E-state index in [1.54, 1.807) is 18.4 Å². The summed E-state index contributed by atoms with van der Waals surface area (Å²) in [4.78, 5) is 36.2. The molecule has 4 atom stereocenters. The van der Waals surface area contributed by atoms with Crippen LogP contribution in [-0.2, 0) is 22.6 Å². The molecule has 0 saturated carbocycles. The van der Waals surface area contributed by atoms with Crippen LogP contribution in [0.3, 0.4) is 0 Å². The number of aromatic amines is 1. The van der Waals surface area contributed by atoms with E-state index in [1.165, 1.54) is 36.4 Å². The van der Waals surface area contributed by atoms with Gasteiger partial charge in [-0.05, 0) is 55.2 Å². The van der Waals surface area contributed by atoms with E-state index in [-0.39, 0.29) is 42.8 Å². The third-order valence-electron chi connectivity index (χ3n) is 9.47. The van der Waals surface area contributed by atoms with E-state index < -0.39 is 85.4 Å². The highest BCUT2D eigenvalue weighted by atomic mass is 19.3. The summed E-state index contributed by atoms with van der Waals surface area (Å²) in [6, 6.07) is 3.73. The van der Waals surface area contributed by atoms with Gasteiger partial charge in [-0.3, -0.25) is 9.59 Å². The predicted molar refractivity (Wildman–Crippen MR) is 167 cm³/mol. The molecule has 4 aromatic rings. The standard InChI is InChI=1S/C33H37F6N7O2/c1-3-23(40)30(47)45-15-32(36,37)12-19(45)11-22-21-7-5-17(34)9-25(21)42-28(22)29-43-26-10-18(35)6-8-27(26)44(29)14-20-13-33(38,39)16-46(20)31(48)24(41)4-2/h5-10,19-20,23-24,42H,3-4,11-16,40-41H2,1-2H3/t19-,20+,23+,24+/m1/s1. The van der Waals surface area contributed by atoms with Crippen LogP contribution in [0.1, 0.15) is 45.1 Å². The van der Waals surface area contributed by atoms with E-state index in [2.05, 4.69) is 9.97 Å². The molecule has 9 nitrogen and oxygen atoms in total. The molecule has 5 N–H and O–H groups in total. The minimum Gasteiger partial charge on any atom is -0.352 e. The lowest BCUT2D eigenvalue weighted by Gasteiger charge is -2.28. The van der Waals surface area contributed by atoms with Crippen LogP contribution in [0.15, 0.2) is 36.4 Å². The molecule has 258 valence electrons. The number of hydrogen-bond acceptors (Lipinski definition) is 5. The van der Waals surface area contributed by atoms with Crippen LogP contribution < -0.4 is 11.5 Å². The van der Waals surface area contributed by atoms with Crippen molar-refractivity contribution >= 4 is 33.8 Å². The number of H-pyrrole nitrogens is 1. The van der Waals surface area contributed by atoms with Gasteiger partial charge in [0.2, 0.25) is 11.8 Å². The number of carbonyl (C=O) groups excluding carboxylic acids is 2. The molecule has 2 amide bonds. The number of benzene rings is 2. The van der Waals surface area contributed by atoms with E-state index >= 15 is 0 Å². The Morgan fingerprint density at radius 3 is 2.08 bits per heavy atom. The quantitative estimate of drug-likeness (QED) is 0.216. The summed E-state index contributed by atoms with van der Waals surface area (Å²) >= 11 is 0. The Hall–Kier alpha value is -4.11. The molecular weight excluding hydrogens is 640 g/mol. The molecule has 0 spiro atoms. The van der Waals surface area contributed by atoms with Gasteiger partial charge >= 0.3 is 0 Å². The molecule has 2 aliphatic heterocycles. The number of likely N-dealkylation sites (tertiary alicyclic amines) is 2. The van der Waals surface area contributed by atoms with Crippen molar-refractivity contribution in [2.24, 2.45) is 11.5 Å². The monoisotopic (exact) mass is 677 g/mol. The van der Waals surface area contributed by atoms with E-state index in [0.29, 0.717) is 22.0 Å². The van der Waals surface area contributed by atoms with Gasteiger partial charge in [0.05, 0.1) is 47.9 Å². The maximum atomic E-state index is 14.9. The summed E-state index contributed by atoms with van der Waals surface area (Å²) in [6.07, 6.45) is -0.922. The Balaban J connectivity index is 1.50. The Morgan fingerprint density at radius 2 is 1.46 bits per heavy atom. The van der Waals surface area contributed by atoms with Gasteiger partial charge < -0.3 is 30.8 Å². The number of halogens is 6. The number of carbonyl (C=O) groups is 2. The number of nitrogens with two attached hydrogens (primary N) is 2. The second-order valence-electron chi connectivity index (χ2n) is 12.9. The second-order valence-corrected chi connectivity index (χ2v) is 12.9. The van der Waals surface area contributed by atoms with Gasteiger partial charge in [-0.25, -0.2) is 31.3 Å². The molecule has 2 fully saturated rings. The number of aromatic nitrogens is 3. The van der Waals surface area contributed by atoms with Crippen LogP contribution in [0.25, 0.3) is 33.5 Å². The third-order valence-corrected chi connectivity index (χ3v) is 9.47. The van der Waals surface area contributed by atoms with Gasteiger partial charge in [0.25, 0.3) is 11.8 Å². The average molecular weight is 678 g/mol. The minimum absolute atomic E-state index is 0.103. The van der Waals surface area contributed by atoms with Crippen molar-refractivity contribution in [2.75, 3.05) is 13.1 Å². The Kier molecular flexibility index (Phi) is 8.73. The number of nitrogens with one attached hydrogen (secondary N) is 1. The zero-order chi connectivity index (χ0) is 34.7. The first-order valence-electron chi connectivity index (χ1n) is 16.0. The number of hydrogen-bond donors (Lipinski definition) is 3. The lowest BCUT2D eigenvalue weighted by Crippen LogP contribution is -2.47. The number of rotatable bonds is 9. The maximum absolute atomic E-state index is 14.9. The molecule has 0 bridgehead atoms. The number of alkyl halides is 4. The van der Waals surface area contributed by atoms with Crippen LogP contribution in [0, 0.1) is 11.6 Å². The van der Waals surface area contributed by atoms with Crippen molar-refractivity contribution in [3.63, 3.8) is 0 Å². The molecule has 0 aliphatic carbocycles. The van der Waals surface area contributed by atoms with Gasteiger partial charge in [-0.15, -0.1) is 0 Å². The first-order chi connectivity index (χ1) is 22.6. The number of fused-ring (bicyclic) bond motifs is 2. The van der Waals surface area contributed by atoms with Crippen LogP contribution in [0.4, 0.5) is 26.3 Å². The van der Waals surface area contributed by atoms with Crippen LogP contribution in [0.2, 0.25) is 0 Å². The normalized spacial score (nSPS) is 21.8. The summed E-state index contributed by atoms with van der Waals surface area (Å²) in [5.74, 6) is -8.67. The molecule has 6 rings (SSSR count). The fourth-order valence-electron chi connectivity index (χ4n) is 6.99. The first-order valence-corrected chi connectivity index (χ1v) is 16.0. The average Bonchev–Trinajstić information content (AvgIpc) is 3.75. The molecule has 2 aromatic heterocycles. The van der Waals surface area contributed by atoms with Crippen molar-refractivity contribution in [3.05, 3.63) is 53.6 Å². The summed E-state index contributed by atoms with van der Waals surface area (Å²) in [7, 11) is 0.